The van der Waals surface area contributed by atoms with E-state index < -0.39 is 22.9 Å². The van der Waals surface area contributed by atoms with Gasteiger partial charge in [0.2, 0.25) is 5.78 Å². The Kier molecular flexibility index (Phi) is 20.5. The van der Waals surface area contributed by atoms with Crippen molar-refractivity contribution in [3.8, 4) is 22.9 Å². The number of Topliss-reactive ketones (excluding diaryl/α,β-unsaturated/α-hetero) is 1. The highest BCUT2D eigenvalue weighted by molar-refractivity contribution is 9.09. The van der Waals surface area contributed by atoms with Gasteiger partial charge < -0.3 is 47.8 Å². The number of likely N-dealkylation sites (N-methyl/N-ethyl adjacent to an activating group) is 2. The zero-order valence-corrected chi connectivity index (χ0v) is 49.4. The van der Waals surface area contributed by atoms with E-state index in [0.717, 1.165) is 62.5 Å². The number of piperazine rings is 2. The lowest BCUT2D eigenvalue weighted by atomic mass is 10.1. The van der Waals surface area contributed by atoms with E-state index in [9.17, 15) is 28.0 Å². The van der Waals surface area contributed by atoms with E-state index in [0.29, 0.717) is 71.2 Å². The minimum Gasteiger partial charge on any atom is -0.421 e. The fourth-order valence-electron chi connectivity index (χ4n) is 8.57. The molecule has 424 valence electrons. The van der Waals surface area contributed by atoms with Crippen molar-refractivity contribution in [1.82, 2.24) is 38.9 Å². The van der Waals surface area contributed by atoms with Crippen molar-refractivity contribution in [2.75, 3.05) is 82.4 Å². The lowest BCUT2D eigenvalue weighted by Crippen LogP contribution is -2.44. The summed E-state index contributed by atoms with van der Waals surface area (Å²) in [5, 5.41) is 7.74. The molecule has 8 aromatic heterocycles. The zero-order valence-electron chi connectivity index (χ0n) is 43.8. The average molecular weight is 1300 g/mol. The van der Waals surface area contributed by atoms with E-state index >= 15 is 0 Å². The van der Waals surface area contributed by atoms with Gasteiger partial charge in [-0.25, -0.2) is 38.1 Å². The number of anilines is 2. The van der Waals surface area contributed by atoms with Gasteiger partial charge in [-0.3, -0.25) is 4.79 Å². The van der Waals surface area contributed by atoms with Gasteiger partial charge in [-0.2, -0.15) is 0 Å². The third-order valence-corrected chi connectivity index (χ3v) is 14.4. The first-order valence-electron chi connectivity index (χ1n) is 25.1. The molecular formula is C58H51Br2Cl3F2N10O7. The lowest BCUT2D eigenvalue weighted by molar-refractivity contribution is 0.0989. The number of halogens is 7. The molecule has 3 N–H and O–H groups in total. The van der Waals surface area contributed by atoms with Gasteiger partial charge in [-0.15, -0.1) is 17.0 Å². The number of imidazole rings is 2. The van der Waals surface area contributed by atoms with Crippen LogP contribution in [0.5, 0.6) is 0 Å². The molecule has 3 aromatic carbocycles. The summed E-state index contributed by atoms with van der Waals surface area (Å²) in [5.41, 5.74) is 6.93. The number of ketones is 1. The number of benzene rings is 3. The Morgan fingerprint density at radius 2 is 1.10 bits per heavy atom. The van der Waals surface area contributed by atoms with Gasteiger partial charge in [0.05, 0.1) is 36.6 Å². The van der Waals surface area contributed by atoms with Crippen LogP contribution in [0.3, 0.4) is 0 Å². The molecule has 17 nitrogen and oxygen atoms in total. The number of nitrogens with two attached hydrogens (primary N) is 1. The Morgan fingerprint density at radius 3 is 1.56 bits per heavy atom. The number of alkyl halides is 1. The molecule has 2 saturated heterocycles. The van der Waals surface area contributed by atoms with Crippen molar-refractivity contribution < 1.29 is 26.8 Å². The highest BCUT2D eigenvalue weighted by Crippen LogP contribution is 2.28. The van der Waals surface area contributed by atoms with Crippen LogP contribution >= 0.6 is 67.7 Å². The van der Waals surface area contributed by atoms with Crippen molar-refractivity contribution >= 4 is 129 Å². The van der Waals surface area contributed by atoms with Gasteiger partial charge >= 0.3 is 16.9 Å². The number of nitrogen functional groups attached to an aromatic ring is 1. The van der Waals surface area contributed by atoms with Gasteiger partial charge in [0.15, 0.2) is 28.6 Å². The molecule has 13 rings (SSSR count). The molecule has 0 saturated carbocycles. The monoisotopic (exact) mass is 1300 g/mol. The molecule has 11 aromatic rings. The summed E-state index contributed by atoms with van der Waals surface area (Å²) in [4.78, 5) is 67.0. The molecule has 0 unspecified atom stereocenters. The Morgan fingerprint density at radius 1 is 0.622 bits per heavy atom. The summed E-state index contributed by atoms with van der Waals surface area (Å²) in [6.07, 6.45) is 8.78. The number of rotatable bonds is 5. The Labute approximate surface area is 500 Å². The van der Waals surface area contributed by atoms with Crippen LogP contribution in [0.15, 0.2) is 168 Å². The summed E-state index contributed by atoms with van der Waals surface area (Å²) in [7, 11) is 4.28. The number of carbonyl (C=O) groups is 1. The quantitative estimate of drug-likeness (QED) is 0.122. The highest BCUT2D eigenvalue weighted by Gasteiger charge is 2.18. The SMILES string of the molecule is Br.CN1CCN(c2ccc3cc(-c4cn5cccc(Cl)c5n4)oc(=O)c3c2)CC1.CN1CCNCC1.Nc1ncccc1Cl.O=C(CBr)c1cc2ccc(F)cc2c(=O)o1.O=c1oc(-c2cn3cccc(Cl)c3n2)cc2ccc(F)cc12. The van der Waals surface area contributed by atoms with Crippen LogP contribution in [0.1, 0.15) is 10.6 Å². The van der Waals surface area contributed by atoms with Crippen LogP contribution in [0.4, 0.5) is 20.3 Å². The molecule has 0 spiro atoms. The first-order valence-corrected chi connectivity index (χ1v) is 27.4. The molecular weight excluding hydrogens is 1250 g/mol. The molecule has 0 bridgehead atoms. The molecule has 2 aliphatic rings. The Hall–Kier alpha value is -7.34. The maximum atomic E-state index is 13.2. The number of pyridine rings is 3. The van der Waals surface area contributed by atoms with Gasteiger partial charge in [0, 0.05) is 89.0 Å². The number of nitrogens with zero attached hydrogens (tertiary/aromatic N) is 8. The molecule has 0 aliphatic carbocycles. The molecule has 0 atom stereocenters. The minimum absolute atomic E-state index is 0. The number of aromatic nitrogens is 5. The Bertz CT molecular complexity index is 4240. The van der Waals surface area contributed by atoms with Gasteiger partial charge in [-0.05, 0) is 121 Å². The van der Waals surface area contributed by atoms with E-state index in [2.05, 4.69) is 71.1 Å². The second-order valence-corrected chi connectivity index (χ2v) is 20.4. The van der Waals surface area contributed by atoms with Crippen LogP contribution in [-0.4, -0.2) is 111 Å². The fourth-order valence-corrected chi connectivity index (χ4v) is 9.40. The van der Waals surface area contributed by atoms with Crippen LogP contribution < -0.4 is 32.8 Å². The summed E-state index contributed by atoms with van der Waals surface area (Å²) >= 11 is 20.8. The van der Waals surface area contributed by atoms with E-state index in [4.69, 9.17) is 53.8 Å². The first-order chi connectivity index (χ1) is 39.0. The fraction of sp³-hybridized carbons (Fsp3) is 0.190. The smallest absolute Gasteiger partial charge is 0.344 e. The molecule has 82 heavy (non-hydrogen) atoms. The second-order valence-electron chi connectivity index (χ2n) is 18.6. The summed E-state index contributed by atoms with van der Waals surface area (Å²) in [6.45, 7) is 8.68. The van der Waals surface area contributed by atoms with Crippen molar-refractivity contribution in [1.29, 1.82) is 0 Å². The van der Waals surface area contributed by atoms with E-state index in [1.54, 1.807) is 59.4 Å². The summed E-state index contributed by atoms with van der Waals surface area (Å²) in [6, 6.07) is 29.2. The lowest BCUT2D eigenvalue weighted by Gasteiger charge is -2.34. The Balaban J connectivity index is 0.000000145. The number of hydrogen-bond donors (Lipinski definition) is 2. The molecule has 0 amide bonds. The molecule has 2 fully saturated rings. The minimum atomic E-state index is -0.707. The highest BCUT2D eigenvalue weighted by atomic mass is 79.9. The zero-order chi connectivity index (χ0) is 57.3. The maximum Gasteiger partial charge on any atom is 0.344 e. The van der Waals surface area contributed by atoms with E-state index in [-0.39, 0.29) is 50.3 Å². The van der Waals surface area contributed by atoms with Crippen LogP contribution in [0.25, 0.3) is 66.5 Å². The standard InChI is InChI=1S/C21H19ClN4O2.C16H8ClFN2O2.C11H6BrFO3.C5H5ClN2.C5H12N2.BrH/c1-24-7-9-25(10-8-24)15-5-4-14-11-19(28-21(27)16(14)12-15)18-13-26-6-2-3-17(22)20(26)23-18;17-12-2-1-5-20-8-13(19-15(12)20)14-6-9-3-4-10(18)7-11(9)16(21)22-14;12-5-9(14)10-3-6-1-2-7(13)4-8(6)11(15)16-10;6-4-2-1-3-8-5(4)7;1-7-4-2-6-3-5-7;/h2-6,11-13H,7-10H2,1H3;1-8H;1-4H,5H2;1-3H,(H2,7,8);6H,2-5H2,1H3;1H. The largest absolute Gasteiger partial charge is 0.421 e. The molecule has 0 radical (unpaired) electrons. The van der Waals surface area contributed by atoms with E-state index in [1.807, 2.05) is 41.1 Å². The number of carbonyl (C=O) groups excluding carboxylic acids is 1. The van der Waals surface area contributed by atoms with Crippen molar-refractivity contribution in [2.45, 2.75) is 0 Å². The van der Waals surface area contributed by atoms with Crippen LogP contribution in [0.2, 0.25) is 15.1 Å². The predicted molar refractivity (Wildman–Crippen MR) is 328 cm³/mol. The third-order valence-electron chi connectivity index (χ3n) is 13.0. The average Bonchev–Trinajstić information content (AvgIpc) is 4.29. The number of nitrogens with one attached hydrogen (secondary N) is 1. The molecule has 2 aliphatic heterocycles. The molecule has 24 heteroatoms. The van der Waals surface area contributed by atoms with Gasteiger partial charge in [-0.1, -0.05) is 68.9 Å². The first kappa shape index (κ1) is 60.7. The second kappa shape index (κ2) is 27.6. The van der Waals surface area contributed by atoms with Gasteiger partial charge in [0.1, 0.15) is 28.8 Å². The molecule has 10 heterocycles. The van der Waals surface area contributed by atoms with E-state index in [1.165, 1.54) is 43.4 Å². The third kappa shape index (κ3) is 14.8. The van der Waals surface area contributed by atoms with Gasteiger partial charge in [0.25, 0.3) is 0 Å². The van der Waals surface area contributed by atoms with Crippen molar-refractivity contribution in [3.63, 3.8) is 0 Å². The normalized spacial score (nSPS) is 13.5. The number of hydrogen-bond acceptors (Lipinski definition) is 15. The summed E-state index contributed by atoms with van der Waals surface area (Å²) < 4.78 is 45.3. The van der Waals surface area contributed by atoms with Crippen LogP contribution in [0, 0.1) is 11.6 Å². The topological polar surface area (TPSA) is 203 Å². The van der Waals surface area contributed by atoms with Crippen molar-refractivity contribution in [3.05, 3.63) is 204 Å². The van der Waals surface area contributed by atoms with Crippen LogP contribution in [-0.2, 0) is 0 Å². The number of fused-ring (bicyclic) bond motifs is 5. The predicted octanol–water partition coefficient (Wildman–Crippen LogP) is 11.3. The maximum absolute atomic E-state index is 13.2. The van der Waals surface area contributed by atoms with Crippen molar-refractivity contribution in [2.24, 2.45) is 0 Å². The summed E-state index contributed by atoms with van der Waals surface area (Å²) in [5.74, 6) is -0.224.